The highest BCUT2D eigenvalue weighted by Gasteiger charge is 2.17. The fraction of sp³-hybridized carbons (Fsp3) is 0.800. The summed E-state index contributed by atoms with van der Waals surface area (Å²) in [6.07, 6.45) is 7.78. The highest BCUT2D eigenvalue weighted by atomic mass is 15.1. The molecule has 1 N–H and O–H groups in total. The van der Waals surface area contributed by atoms with Crippen LogP contribution in [0.2, 0.25) is 0 Å². The molecule has 0 aliphatic carbocycles. The first-order valence-electron chi connectivity index (χ1n) is 7.75. The van der Waals surface area contributed by atoms with E-state index < -0.39 is 0 Å². The first kappa shape index (κ1) is 14.5. The van der Waals surface area contributed by atoms with Crippen molar-refractivity contribution in [2.24, 2.45) is 5.92 Å². The van der Waals surface area contributed by atoms with E-state index in [9.17, 15) is 0 Å². The average Bonchev–Trinajstić information content (AvgIpc) is 2.88. The van der Waals surface area contributed by atoms with Crippen molar-refractivity contribution in [3.05, 3.63) is 18.2 Å². The predicted molar refractivity (Wildman–Crippen MR) is 79.1 cm³/mol. The number of aromatic nitrogens is 2. The van der Waals surface area contributed by atoms with Crippen LogP contribution < -0.4 is 5.32 Å². The van der Waals surface area contributed by atoms with E-state index in [1.165, 1.54) is 44.6 Å². The molecule has 0 amide bonds. The standard InChI is InChI=1S/C15H28N4/c1-3-7-19-13-17-12-15(19)11-16-10-14-5-8-18(4-2)9-6-14/h12-14,16H,3-11H2,1-2H3. The number of imidazole rings is 1. The lowest BCUT2D eigenvalue weighted by atomic mass is 9.97. The third-order valence-electron chi connectivity index (χ3n) is 4.16. The van der Waals surface area contributed by atoms with Crippen molar-refractivity contribution in [3.8, 4) is 0 Å². The van der Waals surface area contributed by atoms with Crippen molar-refractivity contribution in [3.63, 3.8) is 0 Å². The summed E-state index contributed by atoms with van der Waals surface area (Å²) >= 11 is 0. The molecule has 1 aliphatic rings. The lowest BCUT2D eigenvalue weighted by Gasteiger charge is -2.31. The molecule has 0 unspecified atom stereocenters. The Kier molecular flexibility index (Phi) is 5.86. The van der Waals surface area contributed by atoms with Crippen LogP contribution in [-0.4, -0.2) is 40.6 Å². The minimum absolute atomic E-state index is 0.852. The number of piperidine rings is 1. The molecule has 0 spiro atoms. The monoisotopic (exact) mass is 264 g/mol. The van der Waals surface area contributed by atoms with Crippen LogP contribution in [-0.2, 0) is 13.1 Å². The van der Waals surface area contributed by atoms with Crippen LogP contribution in [0.1, 0.15) is 38.8 Å². The molecule has 2 rings (SSSR count). The second-order valence-electron chi connectivity index (χ2n) is 5.59. The summed E-state index contributed by atoms with van der Waals surface area (Å²) in [6.45, 7) is 11.4. The third kappa shape index (κ3) is 4.32. The van der Waals surface area contributed by atoms with Crippen LogP contribution in [0.25, 0.3) is 0 Å². The van der Waals surface area contributed by atoms with Gasteiger partial charge in [-0.3, -0.25) is 0 Å². The van der Waals surface area contributed by atoms with Gasteiger partial charge in [0, 0.05) is 19.3 Å². The molecule has 1 fully saturated rings. The molecule has 2 heterocycles. The van der Waals surface area contributed by atoms with E-state index in [0.29, 0.717) is 0 Å². The van der Waals surface area contributed by atoms with Gasteiger partial charge in [0.25, 0.3) is 0 Å². The molecule has 1 saturated heterocycles. The number of rotatable bonds is 7. The lowest BCUT2D eigenvalue weighted by Crippen LogP contribution is -2.37. The van der Waals surface area contributed by atoms with Gasteiger partial charge in [-0.05, 0) is 51.4 Å². The third-order valence-corrected chi connectivity index (χ3v) is 4.16. The van der Waals surface area contributed by atoms with Gasteiger partial charge in [-0.2, -0.15) is 0 Å². The number of hydrogen-bond acceptors (Lipinski definition) is 3. The lowest BCUT2D eigenvalue weighted by molar-refractivity contribution is 0.190. The van der Waals surface area contributed by atoms with E-state index in [-0.39, 0.29) is 0 Å². The normalized spacial score (nSPS) is 18.0. The Balaban J connectivity index is 1.67. The van der Waals surface area contributed by atoms with Crippen LogP contribution in [0.5, 0.6) is 0 Å². The fourth-order valence-corrected chi connectivity index (χ4v) is 2.85. The SMILES string of the molecule is CCCn1cncc1CNCC1CCN(CC)CC1. The average molecular weight is 264 g/mol. The van der Waals surface area contributed by atoms with E-state index >= 15 is 0 Å². The van der Waals surface area contributed by atoms with E-state index in [1.807, 2.05) is 12.5 Å². The Labute approximate surface area is 117 Å². The minimum Gasteiger partial charge on any atom is -0.333 e. The van der Waals surface area contributed by atoms with Gasteiger partial charge >= 0.3 is 0 Å². The summed E-state index contributed by atoms with van der Waals surface area (Å²) in [6, 6.07) is 0. The number of nitrogens with one attached hydrogen (secondary N) is 1. The van der Waals surface area contributed by atoms with Crippen molar-refractivity contribution in [1.82, 2.24) is 19.8 Å². The summed E-state index contributed by atoms with van der Waals surface area (Å²) in [5.74, 6) is 0.852. The van der Waals surface area contributed by atoms with Crippen LogP contribution in [0.4, 0.5) is 0 Å². The Morgan fingerprint density at radius 3 is 2.79 bits per heavy atom. The van der Waals surface area contributed by atoms with Crippen molar-refractivity contribution in [2.45, 2.75) is 46.2 Å². The Morgan fingerprint density at radius 1 is 1.32 bits per heavy atom. The maximum atomic E-state index is 4.24. The predicted octanol–water partition coefficient (Wildman–Crippen LogP) is 2.11. The van der Waals surface area contributed by atoms with Gasteiger partial charge in [0.2, 0.25) is 0 Å². The summed E-state index contributed by atoms with van der Waals surface area (Å²) < 4.78 is 2.26. The van der Waals surface area contributed by atoms with E-state index in [1.54, 1.807) is 0 Å². The fourth-order valence-electron chi connectivity index (χ4n) is 2.85. The van der Waals surface area contributed by atoms with E-state index in [4.69, 9.17) is 0 Å². The molecule has 4 heteroatoms. The first-order valence-corrected chi connectivity index (χ1v) is 7.75. The van der Waals surface area contributed by atoms with Crippen molar-refractivity contribution in [2.75, 3.05) is 26.2 Å². The van der Waals surface area contributed by atoms with Gasteiger partial charge < -0.3 is 14.8 Å². The molecule has 0 bridgehead atoms. The van der Waals surface area contributed by atoms with Gasteiger partial charge in [0.05, 0.1) is 12.0 Å². The molecule has 19 heavy (non-hydrogen) atoms. The topological polar surface area (TPSA) is 33.1 Å². The number of hydrogen-bond donors (Lipinski definition) is 1. The smallest absolute Gasteiger partial charge is 0.0948 e. The molecule has 1 aromatic heterocycles. The van der Waals surface area contributed by atoms with Gasteiger partial charge in [-0.25, -0.2) is 4.98 Å². The summed E-state index contributed by atoms with van der Waals surface area (Å²) in [4.78, 5) is 6.79. The van der Waals surface area contributed by atoms with E-state index in [0.717, 1.165) is 25.6 Å². The second kappa shape index (κ2) is 7.65. The van der Waals surface area contributed by atoms with Gasteiger partial charge in [-0.1, -0.05) is 13.8 Å². The molecule has 0 radical (unpaired) electrons. The molecule has 1 aromatic rings. The Hall–Kier alpha value is -0.870. The number of likely N-dealkylation sites (tertiary alicyclic amines) is 1. The van der Waals surface area contributed by atoms with Crippen molar-refractivity contribution in [1.29, 1.82) is 0 Å². The molecule has 1 aliphatic heterocycles. The zero-order valence-electron chi connectivity index (χ0n) is 12.4. The maximum Gasteiger partial charge on any atom is 0.0948 e. The van der Waals surface area contributed by atoms with Crippen molar-refractivity contribution < 1.29 is 0 Å². The minimum atomic E-state index is 0.852. The van der Waals surface area contributed by atoms with Gasteiger partial charge in [0.1, 0.15) is 0 Å². The molecule has 4 nitrogen and oxygen atoms in total. The van der Waals surface area contributed by atoms with Gasteiger partial charge in [0.15, 0.2) is 0 Å². The van der Waals surface area contributed by atoms with Crippen molar-refractivity contribution >= 4 is 0 Å². The van der Waals surface area contributed by atoms with E-state index in [2.05, 4.69) is 33.6 Å². The molecular formula is C15H28N4. The summed E-state index contributed by atoms with van der Waals surface area (Å²) in [5, 5.41) is 3.61. The molecule has 0 aromatic carbocycles. The zero-order chi connectivity index (χ0) is 13.5. The molecule has 0 saturated carbocycles. The highest BCUT2D eigenvalue weighted by molar-refractivity contribution is 4.97. The number of aryl methyl sites for hydroxylation is 1. The second-order valence-corrected chi connectivity index (χ2v) is 5.59. The largest absolute Gasteiger partial charge is 0.333 e. The zero-order valence-corrected chi connectivity index (χ0v) is 12.4. The molecule has 108 valence electrons. The molecular weight excluding hydrogens is 236 g/mol. The van der Waals surface area contributed by atoms with Crippen LogP contribution >= 0.6 is 0 Å². The number of nitrogens with zero attached hydrogens (tertiary/aromatic N) is 3. The quantitative estimate of drug-likeness (QED) is 0.819. The Morgan fingerprint density at radius 2 is 2.11 bits per heavy atom. The van der Waals surface area contributed by atoms with Crippen LogP contribution in [0.15, 0.2) is 12.5 Å². The van der Waals surface area contributed by atoms with Gasteiger partial charge in [-0.15, -0.1) is 0 Å². The van der Waals surface area contributed by atoms with Crippen LogP contribution in [0, 0.1) is 5.92 Å². The van der Waals surface area contributed by atoms with Crippen LogP contribution in [0.3, 0.4) is 0 Å². The summed E-state index contributed by atoms with van der Waals surface area (Å²) in [7, 11) is 0. The molecule has 0 atom stereocenters. The summed E-state index contributed by atoms with van der Waals surface area (Å²) in [5.41, 5.74) is 1.31. The Bertz CT molecular complexity index is 353. The maximum absolute atomic E-state index is 4.24. The first-order chi connectivity index (χ1) is 9.33. The highest BCUT2D eigenvalue weighted by Crippen LogP contribution is 2.16.